The van der Waals surface area contributed by atoms with E-state index in [9.17, 15) is 9.90 Å². The Morgan fingerprint density at radius 2 is 2.17 bits per heavy atom. The number of carboxylic acids is 1. The molecule has 1 atom stereocenters. The number of hydrogen-bond acceptors (Lipinski definition) is 4. The van der Waals surface area contributed by atoms with Gasteiger partial charge in [0.1, 0.15) is 6.04 Å². The largest absolute Gasteiger partial charge is 0.480 e. The first-order valence-corrected chi connectivity index (χ1v) is 4.77. The van der Waals surface area contributed by atoms with Crippen LogP contribution < -0.4 is 5.73 Å². The van der Waals surface area contributed by atoms with E-state index in [0.29, 0.717) is 11.5 Å². The molecule has 0 saturated heterocycles. The van der Waals surface area contributed by atoms with Gasteiger partial charge in [-0.15, -0.1) is 0 Å². The fourth-order valence-electron chi connectivity index (χ4n) is 0.507. The lowest BCUT2D eigenvalue weighted by Crippen LogP contribution is -2.33. The minimum absolute atomic E-state index is 0.333. The number of aliphatic hydroxyl groups is 1. The molecule has 0 radical (unpaired) electrons. The van der Waals surface area contributed by atoms with Crippen molar-refractivity contribution in [1.82, 2.24) is 0 Å². The summed E-state index contributed by atoms with van der Waals surface area (Å²) in [4.78, 5) is 10.3. The first kappa shape index (κ1) is 11.7. The van der Waals surface area contributed by atoms with Gasteiger partial charge < -0.3 is 15.9 Å². The van der Waals surface area contributed by atoms with Crippen LogP contribution in [0.1, 0.15) is 13.8 Å². The summed E-state index contributed by atoms with van der Waals surface area (Å²) >= 11 is 1.34. The highest BCUT2D eigenvalue weighted by Gasteiger charge is 2.16. The third-order valence-electron chi connectivity index (χ3n) is 1.07. The van der Waals surface area contributed by atoms with E-state index in [2.05, 4.69) is 0 Å². The Morgan fingerprint density at radius 1 is 1.67 bits per heavy atom. The fourth-order valence-corrected chi connectivity index (χ4v) is 1.52. The predicted octanol–water partition coefficient (Wildman–Crippen LogP) is -0.0976. The monoisotopic (exact) mass is 193 g/mol. The third kappa shape index (κ3) is 6.45. The van der Waals surface area contributed by atoms with Crippen molar-refractivity contribution < 1.29 is 15.0 Å². The molecule has 0 bridgehead atoms. The molecule has 0 aliphatic heterocycles. The van der Waals surface area contributed by atoms with E-state index in [0.717, 1.165) is 0 Å². The summed E-state index contributed by atoms with van der Waals surface area (Å²) in [5.74, 6) is -0.175. The molecule has 0 aromatic rings. The molecule has 5 heteroatoms. The van der Waals surface area contributed by atoms with Gasteiger partial charge in [0.25, 0.3) is 0 Å². The Balaban J connectivity index is 3.51. The highest BCUT2D eigenvalue weighted by atomic mass is 32.2. The quantitative estimate of drug-likeness (QED) is 0.568. The molecule has 0 rings (SSSR count). The number of carboxylic acid groups (broad SMARTS) is 1. The van der Waals surface area contributed by atoms with Crippen LogP contribution >= 0.6 is 11.8 Å². The molecular formula is C7H15NO3S. The zero-order chi connectivity index (χ0) is 9.78. The minimum atomic E-state index is -1.00. The lowest BCUT2D eigenvalue weighted by molar-refractivity contribution is -0.137. The van der Waals surface area contributed by atoms with Gasteiger partial charge in [-0.05, 0) is 13.8 Å². The summed E-state index contributed by atoms with van der Waals surface area (Å²) < 4.78 is 0. The number of rotatable bonds is 5. The van der Waals surface area contributed by atoms with Crippen molar-refractivity contribution >= 4 is 17.7 Å². The second kappa shape index (κ2) is 4.69. The summed E-state index contributed by atoms with van der Waals surface area (Å²) in [6, 6.07) is -0.836. The molecule has 12 heavy (non-hydrogen) atoms. The highest BCUT2D eigenvalue weighted by molar-refractivity contribution is 7.99. The molecule has 0 aromatic heterocycles. The van der Waals surface area contributed by atoms with Gasteiger partial charge >= 0.3 is 5.97 Å². The molecule has 72 valence electrons. The first-order chi connectivity index (χ1) is 5.33. The smallest absolute Gasteiger partial charge is 0.321 e. The molecule has 0 heterocycles. The molecular weight excluding hydrogens is 178 g/mol. The van der Waals surface area contributed by atoms with Crippen molar-refractivity contribution in [2.45, 2.75) is 25.5 Å². The molecule has 0 amide bonds. The van der Waals surface area contributed by atoms with Crippen LogP contribution in [0.15, 0.2) is 0 Å². The van der Waals surface area contributed by atoms with Crippen molar-refractivity contribution in [2.24, 2.45) is 5.73 Å². The van der Waals surface area contributed by atoms with Gasteiger partial charge in [-0.2, -0.15) is 11.8 Å². The fraction of sp³-hybridized carbons (Fsp3) is 0.857. The Hall–Kier alpha value is -0.260. The number of thioether (sulfide) groups is 1. The summed E-state index contributed by atoms with van der Waals surface area (Å²) in [7, 11) is 0. The summed E-state index contributed by atoms with van der Waals surface area (Å²) in [5.41, 5.74) is 4.48. The summed E-state index contributed by atoms with van der Waals surface area (Å²) in [6.07, 6.45) is 0. The van der Waals surface area contributed by atoms with Crippen molar-refractivity contribution in [3.8, 4) is 0 Å². The van der Waals surface area contributed by atoms with Crippen molar-refractivity contribution in [3.63, 3.8) is 0 Å². The molecule has 4 nitrogen and oxygen atoms in total. The van der Waals surface area contributed by atoms with Crippen LogP contribution in [0.5, 0.6) is 0 Å². The van der Waals surface area contributed by atoms with Crippen molar-refractivity contribution in [1.29, 1.82) is 0 Å². The Morgan fingerprint density at radius 3 is 2.50 bits per heavy atom. The van der Waals surface area contributed by atoms with Gasteiger partial charge in [-0.25, -0.2) is 0 Å². The zero-order valence-corrected chi connectivity index (χ0v) is 8.10. The molecule has 0 aliphatic carbocycles. The summed E-state index contributed by atoms with van der Waals surface area (Å²) in [6.45, 7) is 3.35. The average Bonchev–Trinajstić information content (AvgIpc) is 1.84. The van der Waals surface area contributed by atoms with Gasteiger partial charge in [-0.3, -0.25) is 4.79 Å². The minimum Gasteiger partial charge on any atom is -0.480 e. The Bertz CT molecular complexity index is 155. The maximum absolute atomic E-state index is 10.3. The second-order valence-electron chi connectivity index (χ2n) is 3.27. The van der Waals surface area contributed by atoms with Crippen LogP contribution in [-0.4, -0.2) is 39.3 Å². The number of hydrogen-bond donors (Lipinski definition) is 3. The average molecular weight is 193 g/mol. The Kier molecular flexibility index (Phi) is 4.59. The van der Waals surface area contributed by atoms with Crippen molar-refractivity contribution in [3.05, 3.63) is 0 Å². The molecule has 4 N–H and O–H groups in total. The molecule has 0 fully saturated rings. The van der Waals surface area contributed by atoms with Crippen LogP contribution in [0, 0.1) is 0 Å². The first-order valence-electron chi connectivity index (χ1n) is 3.61. The van der Waals surface area contributed by atoms with Gasteiger partial charge in [0.05, 0.1) is 5.60 Å². The van der Waals surface area contributed by atoms with Crippen LogP contribution in [-0.2, 0) is 4.79 Å². The van der Waals surface area contributed by atoms with E-state index >= 15 is 0 Å². The SMILES string of the molecule is CC(C)(O)CSCC(N)C(=O)O. The molecule has 0 spiro atoms. The van der Waals surface area contributed by atoms with Crippen LogP contribution in [0.2, 0.25) is 0 Å². The number of carbonyl (C=O) groups is 1. The second-order valence-corrected chi connectivity index (χ2v) is 4.30. The normalized spacial score (nSPS) is 14.3. The Labute approximate surface area is 76.1 Å². The molecule has 0 saturated carbocycles. The van der Waals surface area contributed by atoms with E-state index in [4.69, 9.17) is 10.8 Å². The number of nitrogens with two attached hydrogens (primary N) is 1. The van der Waals surface area contributed by atoms with E-state index in [-0.39, 0.29) is 0 Å². The summed E-state index contributed by atoms with van der Waals surface area (Å²) in [5, 5.41) is 17.7. The maximum Gasteiger partial charge on any atom is 0.321 e. The van der Waals surface area contributed by atoms with Gasteiger partial charge in [0.2, 0.25) is 0 Å². The van der Waals surface area contributed by atoms with Gasteiger partial charge in [-0.1, -0.05) is 0 Å². The standard InChI is InChI=1S/C7H15NO3S/c1-7(2,11)4-12-3-5(8)6(9)10/h5,11H,3-4,8H2,1-2H3,(H,9,10). The number of aliphatic carboxylic acids is 1. The zero-order valence-electron chi connectivity index (χ0n) is 7.28. The molecule has 0 aliphatic rings. The maximum atomic E-state index is 10.3. The topological polar surface area (TPSA) is 83.5 Å². The van der Waals surface area contributed by atoms with Crippen LogP contribution in [0.4, 0.5) is 0 Å². The molecule has 1 unspecified atom stereocenters. The third-order valence-corrected chi connectivity index (χ3v) is 2.58. The van der Waals surface area contributed by atoms with Crippen molar-refractivity contribution in [2.75, 3.05) is 11.5 Å². The van der Waals surface area contributed by atoms with Crippen LogP contribution in [0.3, 0.4) is 0 Å². The van der Waals surface area contributed by atoms with E-state index in [1.165, 1.54) is 11.8 Å². The van der Waals surface area contributed by atoms with Crippen LogP contribution in [0.25, 0.3) is 0 Å². The van der Waals surface area contributed by atoms with Gasteiger partial charge in [0.15, 0.2) is 0 Å². The van der Waals surface area contributed by atoms with E-state index < -0.39 is 17.6 Å². The lowest BCUT2D eigenvalue weighted by atomic mass is 10.2. The van der Waals surface area contributed by atoms with Gasteiger partial charge in [0, 0.05) is 11.5 Å². The lowest BCUT2D eigenvalue weighted by Gasteiger charge is -2.16. The highest BCUT2D eigenvalue weighted by Crippen LogP contribution is 2.12. The molecule has 0 aromatic carbocycles. The van der Waals surface area contributed by atoms with E-state index in [1.54, 1.807) is 13.8 Å². The predicted molar refractivity (Wildman–Crippen MR) is 49.2 cm³/mol. The van der Waals surface area contributed by atoms with E-state index in [1.807, 2.05) is 0 Å².